The van der Waals surface area contributed by atoms with Crippen LogP contribution < -0.4 is 20.9 Å². The first-order chi connectivity index (χ1) is 13.6. The van der Waals surface area contributed by atoms with Gasteiger partial charge in [0.15, 0.2) is 5.11 Å². The van der Waals surface area contributed by atoms with E-state index in [1.165, 1.54) is 11.3 Å². The number of thiocarbonyl (C=S) groups is 1. The maximum absolute atomic E-state index is 12.2. The van der Waals surface area contributed by atoms with Gasteiger partial charge >= 0.3 is 0 Å². The average Bonchev–Trinajstić information content (AvgIpc) is 3.27. The van der Waals surface area contributed by atoms with Gasteiger partial charge in [0, 0.05) is 5.56 Å². The molecule has 8 heteroatoms. The lowest BCUT2D eigenvalue weighted by Crippen LogP contribution is -2.48. The normalized spacial score (nSPS) is 10.0. The van der Waals surface area contributed by atoms with E-state index in [1.54, 1.807) is 41.8 Å². The molecule has 0 unspecified atom stereocenters. The first-order valence-corrected chi connectivity index (χ1v) is 9.62. The van der Waals surface area contributed by atoms with Gasteiger partial charge < -0.3 is 4.74 Å². The van der Waals surface area contributed by atoms with Gasteiger partial charge in [0.1, 0.15) is 12.4 Å². The molecular weight excluding hydrogens is 394 g/mol. The highest BCUT2D eigenvalue weighted by molar-refractivity contribution is 7.80. The summed E-state index contributed by atoms with van der Waals surface area (Å²) in [5.41, 5.74) is 6.44. The Bertz CT molecular complexity index is 943. The molecule has 3 aromatic rings. The van der Waals surface area contributed by atoms with Gasteiger partial charge in [-0.15, -0.1) is 11.3 Å². The molecule has 0 bridgehead atoms. The summed E-state index contributed by atoms with van der Waals surface area (Å²) >= 11 is 6.30. The van der Waals surface area contributed by atoms with Crippen molar-refractivity contribution < 1.29 is 14.3 Å². The van der Waals surface area contributed by atoms with Crippen molar-refractivity contribution in [1.82, 2.24) is 16.2 Å². The first-order valence-electron chi connectivity index (χ1n) is 8.34. The Labute approximate surface area is 171 Å². The van der Waals surface area contributed by atoms with E-state index in [2.05, 4.69) is 16.2 Å². The highest BCUT2D eigenvalue weighted by Gasteiger charge is 2.10. The molecule has 0 atom stereocenters. The number of amides is 2. The number of nitrogens with one attached hydrogen (secondary N) is 3. The Kier molecular flexibility index (Phi) is 6.72. The Morgan fingerprint density at radius 2 is 1.64 bits per heavy atom. The van der Waals surface area contributed by atoms with E-state index in [4.69, 9.17) is 17.0 Å². The van der Waals surface area contributed by atoms with Crippen LogP contribution in [0.1, 0.15) is 25.6 Å². The maximum Gasteiger partial charge on any atom is 0.269 e. The lowest BCUT2D eigenvalue weighted by atomic mass is 10.2. The summed E-state index contributed by atoms with van der Waals surface area (Å²) in [6.45, 7) is 0.451. The van der Waals surface area contributed by atoms with E-state index < -0.39 is 0 Å². The standard InChI is InChI=1S/C20H17N3O3S2/c24-18(22-23-20(27)21-19(25)17-7-4-12-28-17)15-8-10-16(11-9-15)26-13-14-5-2-1-3-6-14/h1-12H,13H2,(H,22,24)(H2,21,23,25,27). The van der Waals surface area contributed by atoms with Crippen LogP contribution in [0, 0.1) is 0 Å². The average molecular weight is 412 g/mol. The van der Waals surface area contributed by atoms with E-state index in [0.717, 1.165) is 5.56 Å². The zero-order valence-corrected chi connectivity index (χ0v) is 16.3. The van der Waals surface area contributed by atoms with Crippen molar-refractivity contribution in [1.29, 1.82) is 0 Å². The van der Waals surface area contributed by atoms with E-state index >= 15 is 0 Å². The summed E-state index contributed by atoms with van der Waals surface area (Å²) in [7, 11) is 0. The Morgan fingerprint density at radius 3 is 2.32 bits per heavy atom. The fourth-order valence-electron chi connectivity index (χ4n) is 2.23. The lowest BCUT2D eigenvalue weighted by Gasteiger charge is -2.11. The zero-order chi connectivity index (χ0) is 19.8. The molecule has 28 heavy (non-hydrogen) atoms. The summed E-state index contributed by atoms with van der Waals surface area (Å²) in [5.74, 6) is -0.0592. The van der Waals surface area contributed by atoms with Gasteiger partial charge in [0.05, 0.1) is 4.88 Å². The summed E-state index contributed by atoms with van der Waals surface area (Å²) in [6.07, 6.45) is 0. The van der Waals surface area contributed by atoms with Crippen molar-refractivity contribution in [2.24, 2.45) is 0 Å². The first kappa shape index (κ1) is 19.5. The third-order valence-electron chi connectivity index (χ3n) is 3.63. The van der Waals surface area contributed by atoms with Crippen LogP contribution in [0.15, 0.2) is 72.1 Å². The molecule has 0 aliphatic heterocycles. The number of hydrogen-bond acceptors (Lipinski definition) is 5. The summed E-state index contributed by atoms with van der Waals surface area (Å²) in [6, 6.07) is 20.0. The Hall–Kier alpha value is -3.23. The van der Waals surface area contributed by atoms with Gasteiger partial charge in [0.2, 0.25) is 0 Å². The minimum atomic E-state index is -0.387. The van der Waals surface area contributed by atoms with Gasteiger partial charge in [-0.3, -0.25) is 25.8 Å². The number of hydrazine groups is 1. The van der Waals surface area contributed by atoms with Crippen LogP contribution in [0.25, 0.3) is 0 Å². The Balaban J connectivity index is 1.45. The van der Waals surface area contributed by atoms with Crippen molar-refractivity contribution in [2.75, 3.05) is 0 Å². The topological polar surface area (TPSA) is 79.5 Å². The van der Waals surface area contributed by atoms with Crippen molar-refractivity contribution in [3.63, 3.8) is 0 Å². The molecule has 0 aliphatic carbocycles. The zero-order valence-electron chi connectivity index (χ0n) is 14.7. The number of hydrogen-bond donors (Lipinski definition) is 3. The van der Waals surface area contributed by atoms with Crippen LogP contribution in [0.5, 0.6) is 5.75 Å². The summed E-state index contributed by atoms with van der Waals surface area (Å²) in [4.78, 5) is 24.6. The smallest absolute Gasteiger partial charge is 0.269 e. The van der Waals surface area contributed by atoms with Crippen molar-refractivity contribution >= 4 is 40.5 Å². The van der Waals surface area contributed by atoms with E-state index in [0.29, 0.717) is 22.8 Å². The second-order valence-electron chi connectivity index (χ2n) is 5.64. The minimum absolute atomic E-state index is 0.00886. The van der Waals surface area contributed by atoms with Crippen LogP contribution in [-0.4, -0.2) is 16.9 Å². The second-order valence-corrected chi connectivity index (χ2v) is 6.99. The molecule has 6 nitrogen and oxygen atoms in total. The molecule has 0 spiro atoms. The van der Waals surface area contributed by atoms with E-state index in [9.17, 15) is 9.59 Å². The highest BCUT2D eigenvalue weighted by Crippen LogP contribution is 2.14. The molecule has 0 fully saturated rings. The van der Waals surface area contributed by atoms with E-state index in [1.807, 2.05) is 30.3 Å². The number of carbonyl (C=O) groups is 2. The minimum Gasteiger partial charge on any atom is -0.489 e. The largest absolute Gasteiger partial charge is 0.489 e. The predicted octanol–water partition coefficient (Wildman–Crippen LogP) is 3.28. The summed E-state index contributed by atoms with van der Waals surface area (Å²) in [5, 5.41) is 4.29. The van der Waals surface area contributed by atoms with Crippen LogP contribution in [0.4, 0.5) is 0 Å². The molecular formula is C20H17N3O3S2. The van der Waals surface area contributed by atoms with Gasteiger partial charge in [0.25, 0.3) is 11.8 Å². The fraction of sp³-hybridized carbons (Fsp3) is 0.0500. The number of carbonyl (C=O) groups excluding carboxylic acids is 2. The number of benzene rings is 2. The lowest BCUT2D eigenvalue weighted by molar-refractivity contribution is 0.0935. The second kappa shape index (κ2) is 9.63. The molecule has 2 aromatic carbocycles. The Morgan fingerprint density at radius 1 is 0.893 bits per heavy atom. The van der Waals surface area contributed by atoms with Gasteiger partial charge in [-0.25, -0.2) is 0 Å². The molecule has 0 aliphatic rings. The SMILES string of the molecule is O=C(NNC(=S)NC(=O)c1cccs1)c1ccc(OCc2ccccc2)cc1. The molecule has 0 radical (unpaired) electrons. The monoisotopic (exact) mass is 411 g/mol. The highest BCUT2D eigenvalue weighted by atomic mass is 32.1. The van der Waals surface area contributed by atoms with Gasteiger partial charge in [-0.2, -0.15) is 0 Å². The van der Waals surface area contributed by atoms with Crippen molar-refractivity contribution in [2.45, 2.75) is 6.61 Å². The number of rotatable bonds is 5. The van der Waals surface area contributed by atoms with Crippen LogP contribution in [0.3, 0.4) is 0 Å². The third kappa shape index (κ3) is 5.63. The van der Waals surface area contributed by atoms with Crippen LogP contribution in [-0.2, 0) is 6.61 Å². The number of thiophene rings is 1. The predicted molar refractivity (Wildman–Crippen MR) is 112 cm³/mol. The van der Waals surface area contributed by atoms with Gasteiger partial charge in [-0.05, 0) is 53.5 Å². The third-order valence-corrected chi connectivity index (χ3v) is 4.70. The molecule has 142 valence electrons. The van der Waals surface area contributed by atoms with Gasteiger partial charge in [-0.1, -0.05) is 36.4 Å². The molecule has 3 N–H and O–H groups in total. The maximum atomic E-state index is 12.2. The summed E-state index contributed by atoms with van der Waals surface area (Å²) < 4.78 is 5.69. The van der Waals surface area contributed by atoms with E-state index in [-0.39, 0.29) is 16.9 Å². The molecule has 1 aromatic heterocycles. The molecule has 3 rings (SSSR count). The van der Waals surface area contributed by atoms with Crippen molar-refractivity contribution in [3.05, 3.63) is 88.1 Å². The van der Waals surface area contributed by atoms with Crippen molar-refractivity contribution in [3.8, 4) is 5.75 Å². The molecule has 0 saturated heterocycles. The van der Waals surface area contributed by atoms with Crippen LogP contribution >= 0.6 is 23.6 Å². The molecule has 0 saturated carbocycles. The number of ether oxygens (including phenoxy) is 1. The molecule has 2 amide bonds. The fourth-order valence-corrected chi connectivity index (χ4v) is 3.00. The quantitative estimate of drug-likeness (QED) is 0.444. The molecule has 1 heterocycles. The van der Waals surface area contributed by atoms with Crippen LogP contribution in [0.2, 0.25) is 0 Å².